The number of carbonyl (C=O) groups is 1. The normalized spacial score (nSPS) is 16.6. The molecule has 0 aliphatic carbocycles. The van der Waals surface area contributed by atoms with Gasteiger partial charge in [0, 0.05) is 35.5 Å². The van der Waals surface area contributed by atoms with E-state index in [1.54, 1.807) is 24.3 Å². The lowest BCUT2D eigenvalue weighted by Crippen LogP contribution is -2.41. The number of amides is 1. The van der Waals surface area contributed by atoms with E-state index in [1.807, 2.05) is 18.7 Å². The summed E-state index contributed by atoms with van der Waals surface area (Å²) < 4.78 is 53.7. The Balaban J connectivity index is 1.72. The second-order valence-corrected chi connectivity index (χ2v) is 13.3. The minimum absolute atomic E-state index is 0.102. The maximum absolute atomic E-state index is 14.6. The smallest absolute Gasteiger partial charge is 0.268 e. The van der Waals surface area contributed by atoms with Gasteiger partial charge in [-0.2, -0.15) is 0 Å². The third-order valence-corrected chi connectivity index (χ3v) is 8.02. The van der Waals surface area contributed by atoms with E-state index in [4.69, 9.17) is 14.5 Å². The number of halogens is 1. The van der Waals surface area contributed by atoms with Crippen molar-refractivity contribution in [2.24, 2.45) is 11.8 Å². The van der Waals surface area contributed by atoms with Crippen molar-refractivity contribution in [1.29, 1.82) is 0 Å². The first-order valence-corrected chi connectivity index (χ1v) is 15.2. The van der Waals surface area contributed by atoms with Crippen molar-refractivity contribution in [3.05, 3.63) is 65.6 Å². The molecule has 1 aliphatic rings. The van der Waals surface area contributed by atoms with Gasteiger partial charge in [0.05, 0.1) is 30.7 Å². The monoisotopic (exact) mass is 584 g/mol. The van der Waals surface area contributed by atoms with Crippen LogP contribution in [0.5, 0.6) is 11.6 Å². The molecule has 0 unspecified atom stereocenters. The lowest BCUT2D eigenvalue weighted by atomic mass is 9.97. The van der Waals surface area contributed by atoms with Crippen molar-refractivity contribution in [3.8, 4) is 22.9 Å². The SMILES string of the molecule is COc1ncccc1CS(=O)(=O)NC(=O)c1ccc(-c2cc(F)cc(OCC(C)C)c2)nc1N1C[C@@H](C)CC1(C)C. The number of methoxy groups -OCH3 is 1. The fraction of sp³-hybridized carbons (Fsp3) is 0.433. The van der Waals surface area contributed by atoms with Crippen LogP contribution in [0.1, 0.15) is 57.0 Å². The Hall–Kier alpha value is -3.73. The second kappa shape index (κ2) is 12.0. The highest BCUT2D eigenvalue weighted by molar-refractivity contribution is 7.89. The van der Waals surface area contributed by atoms with Gasteiger partial charge in [-0.25, -0.2) is 27.5 Å². The van der Waals surface area contributed by atoms with Gasteiger partial charge < -0.3 is 14.4 Å². The van der Waals surface area contributed by atoms with E-state index in [-0.39, 0.29) is 22.9 Å². The van der Waals surface area contributed by atoms with E-state index in [2.05, 4.69) is 30.5 Å². The Kier molecular flexibility index (Phi) is 8.86. The average molecular weight is 585 g/mol. The lowest BCUT2D eigenvalue weighted by Gasteiger charge is -2.34. The van der Waals surface area contributed by atoms with Crippen LogP contribution in [-0.4, -0.2) is 50.1 Å². The van der Waals surface area contributed by atoms with E-state index in [9.17, 15) is 17.6 Å². The number of nitrogens with zero attached hydrogens (tertiary/aromatic N) is 3. The van der Waals surface area contributed by atoms with E-state index in [0.29, 0.717) is 47.5 Å². The standard InChI is InChI=1S/C30H37FN4O5S/c1-19(2)17-40-24-13-22(12-23(31)14-24)26-10-9-25(27(33-26)35-16-20(3)15-30(35,4)5)28(36)34-41(37,38)18-21-8-7-11-32-29(21)39-6/h7-14,19-20H,15-18H2,1-6H3,(H,34,36)/t20-/m0/s1. The topological polar surface area (TPSA) is 111 Å². The van der Waals surface area contributed by atoms with Gasteiger partial charge in [-0.05, 0) is 62.4 Å². The number of rotatable bonds is 10. The Morgan fingerprint density at radius 1 is 1.22 bits per heavy atom. The summed E-state index contributed by atoms with van der Waals surface area (Å²) in [5.74, 6) is -0.320. The van der Waals surface area contributed by atoms with Crippen molar-refractivity contribution in [1.82, 2.24) is 14.7 Å². The molecule has 0 bridgehead atoms. The molecule has 0 radical (unpaired) electrons. The summed E-state index contributed by atoms with van der Waals surface area (Å²) in [5, 5.41) is 0. The summed E-state index contributed by atoms with van der Waals surface area (Å²) in [5.41, 5.74) is 0.989. The fourth-order valence-electron chi connectivity index (χ4n) is 5.16. The molecule has 1 fully saturated rings. The molecule has 1 aromatic carbocycles. The molecule has 41 heavy (non-hydrogen) atoms. The van der Waals surface area contributed by atoms with Gasteiger partial charge in [-0.1, -0.05) is 26.8 Å². The molecule has 1 amide bonds. The van der Waals surface area contributed by atoms with Crippen LogP contribution in [0, 0.1) is 17.7 Å². The number of pyridine rings is 2. The third kappa shape index (κ3) is 7.32. The Labute approximate surface area is 241 Å². The zero-order chi connectivity index (χ0) is 29.9. The highest BCUT2D eigenvalue weighted by Gasteiger charge is 2.39. The van der Waals surface area contributed by atoms with E-state index in [1.165, 1.54) is 31.5 Å². The van der Waals surface area contributed by atoms with E-state index >= 15 is 0 Å². The highest BCUT2D eigenvalue weighted by Crippen LogP contribution is 2.38. The van der Waals surface area contributed by atoms with Crippen molar-refractivity contribution < 1.29 is 27.1 Å². The van der Waals surface area contributed by atoms with Crippen LogP contribution in [0.4, 0.5) is 10.2 Å². The number of carbonyl (C=O) groups excluding carboxylic acids is 1. The molecule has 0 saturated carbocycles. The summed E-state index contributed by atoms with van der Waals surface area (Å²) in [6.45, 7) is 11.3. The predicted octanol–water partition coefficient (Wildman–Crippen LogP) is 5.21. The summed E-state index contributed by atoms with van der Waals surface area (Å²) in [6, 6.07) is 10.7. The van der Waals surface area contributed by atoms with Crippen LogP contribution in [0.15, 0.2) is 48.7 Å². The molecule has 1 aliphatic heterocycles. The quantitative estimate of drug-likeness (QED) is 0.346. The van der Waals surface area contributed by atoms with Crippen LogP contribution < -0.4 is 19.1 Å². The molecule has 2 aromatic heterocycles. The number of aromatic nitrogens is 2. The summed E-state index contributed by atoms with van der Waals surface area (Å²) in [6.07, 6.45) is 2.34. The van der Waals surface area contributed by atoms with Gasteiger partial charge in [-0.3, -0.25) is 4.79 Å². The van der Waals surface area contributed by atoms with Crippen LogP contribution in [0.25, 0.3) is 11.3 Å². The molecular formula is C30H37FN4O5S. The first kappa shape index (κ1) is 30.2. The largest absolute Gasteiger partial charge is 0.493 e. The molecule has 1 atom stereocenters. The summed E-state index contributed by atoms with van der Waals surface area (Å²) in [7, 11) is -2.72. The van der Waals surface area contributed by atoms with Crippen molar-refractivity contribution in [2.75, 3.05) is 25.2 Å². The minimum Gasteiger partial charge on any atom is -0.493 e. The maximum Gasteiger partial charge on any atom is 0.268 e. The number of nitrogens with one attached hydrogen (secondary N) is 1. The van der Waals surface area contributed by atoms with Gasteiger partial charge in [0.15, 0.2) is 0 Å². The average Bonchev–Trinajstić information content (AvgIpc) is 3.17. The second-order valence-electron chi connectivity index (χ2n) is 11.5. The van der Waals surface area contributed by atoms with Crippen LogP contribution >= 0.6 is 0 Å². The number of hydrogen-bond donors (Lipinski definition) is 1. The van der Waals surface area contributed by atoms with Gasteiger partial charge in [-0.15, -0.1) is 0 Å². The zero-order valence-electron chi connectivity index (χ0n) is 24.3. The van der Waals surface area contributed by atoms with Gasteiger partial charge in [0.1, 0.15) is 17.4 Å². The number of anilines is 1. The Bertz CT molecular complexity index is 1530. The predicted molar refractivity (Wildman–Crippen MR) is 156 cm³/mol. The van der Waals surface area contributed by atoms with Crippen molar-refractivity contribution in [2.45, 2.75) is 52.3 Å². The molecule has 4 rings (SSSR count). The van der Waals surface area contributed by atoms with Crippen molar-refractivity contribution in [3.63, 3.8) is 0 Å². The molecule has 9 nitrogen and oxygen atoms in total. The summed E-state index contributed by atoms with van der Waals surface area (Å²) >= 11 is 0. The fourth-order valence-corrected chi connectivity index (χ4v) is 6.26. The van der Waals surface area contributed by atoms with Crippen LogP contribution in [0.2, 0.25) is 0 Å². The van der Waals surface area contributed by atoms with E-state index in [0.717, 1.165) is 6.42 Å². The zero-order valence-corrected chi connectivity index (χ0v) is 25.1. The Morgan fingerprint density at radius 3 is 2.63 bits per heavy atom. The molecule has 11 heteroatoms. The molecule has 220 valence electrons. The molecule has 3 heterocycles. The number of benzene rings is 1. The lowest BCUT2D eigenvalue weighted by molar-refractivity contribution is 0.0981. The molecule has 1 saturated heterocycles. The summed E-state index contributed by atoms with van der Waals surface area (Å²) in [4.78, 5) is 24.4. The first-order chi connectivity index (χ1) is 19.3. The minimum atomic E-state index is -4.11. The first-order valence-electron chi connectivity index (χ1n) is 13.5. The van der Waals surface area contributed by atoms with Crippen LogP contribution in [-0.2, 0) is 15.8 Å². The molecule has 1 N–H and O–H groups in total. The van der Waals surface area contributed by atoms with Gasteiger partial charge >= 0.3 is 0 Å². The molecular weight excluding hydrogens is 547 g/mol. The number of ether oxygens (including phenoxy) is 2. The van der Waals surface area contributed by atoms with Gasteiger partial charge in [0.2, 0.25) is 15.9 Å². The third-order valence-electron chi connectivity index (χ3n) is 6.84. The van der Waals surface area contributed by atoms with Crippen LogP contribution in [0.3, 0.4) is 0 Å². The highest BCUT2D eigenvalue weighted by atomic mass is 32.2. The molecule has 0 spiro atoms. The number of hydrogen-bond acceptors (Lipinski definition) is 8. The van der Waals surface area contributed by atoms with E-state index < -0.39 is 27.5 Å². The maximum atomic E-state index is 14.6. The van der Waals surface area contributed by atoms with Gasteiger partial charge in [0.25, 0.3) is 5.91 Å². The molecule has 3 aromatic rings. The van der Waals surface area contributed by atoms with Crippen molar-refractivity contribution >= 4 is 21.7 Å². The number of sulfonamides is 1. The Morgan fingerprint density at radius 2 is 1.98 bits per heavy atom.